The molecule has 2 aromatic carbocycles. The van der Waals surface area contributed by atoms with E-state index >= 15 is 0 Å². The molecule has 0 aliphatic heterocycles. The zero-order chi connectivity index (χ0) is 18.6. The maximum atomic E-state index is 12.0. The predicted octanol–water partition coefficient (Wildman–Crippen LogP) is 4.24. The lowest BCUT2D eigenvalue weighted by Gasteiger charge is -2.05. The minimum atomic E-state index is -0.307. The zero-order valence-electron chi connectivity index (χ0n) is 14.8. The van der Waals surface area contributed by atoms with Gasteiger partial charge in [0.25, 0.3) is 5.91 Å². The number of anilines is 1. The van der Waals surface area contributed by atoms with Gasteiger partial charge >= 0.3 is 0 Å². The second-order valence-electron chi connectivity index (χ2n) is 5.72. The minimum absolute atomic E-state index is 0.0149. The van der Waals surface area contributed by atoms with Crippen LogP contribution in [-0.2, 0) is 4.79 Å². The average molecular weight is 349 g/mol. The highest BCUT2D eigenvalue weighted by atomic mass is 16.2. The van der Waals surface area contributed by atoms with E-state index in [1.54, 1.807) is 30.3 Å². The third kappa shape index (κ3) is 6.73. The summed E-state index contributed by atoms with van der Waals surface area (Å²) in [4.78, 5) is 23.7. The van der Waals surface area contributed by atoms with Crippen LogP contribution < -0.4 is 10.7 Å². The first-order valence-corrected chi connectivity index (χ1v) is 8.64. The summed E-state index contributed by atoms with van der Waals surface area (Å²) in [5, 5.41) is 6.70. The average Bonchev–Trinajstić information content (AvgIpc) is 2.67. The van der Waals surface area contributed by atoms with Crippen LogP contribution in [0.1, 0.15) is 42.1 Å². The number of carbonyl (C=O) groups excluding carboxylic acids is 2. The second kappa shape index (κ2) is 10.6. The standard InChI is InChI=1S/C21H23N3O2/c1-2-3-11-20(25)23-19-14-12-18(13-15-19)21(26)24-22-16-7-10-17-8-5-4-6-9-17/h4-10,12-16H,2-3,11H2,1H3,(H,23,25)(H,24,26)/b10-7+,22-16+. The molecule has 0 heterocycles. The van der Waals surface area contributed by atoms with E-state index in [4.69, 9.17) is 0 Å². The molecule has 26 heavy (non-hydrogen) atoms. The molecular formula is C21H23N3O2. The van der Waals surface area contributed by atoms with Crippen LogP contribution in [0.3, 0.4) is 0 Å². The molecule has 5 nitrogen and oxygen atoms in total. The van der Waals surface area contributed by atoms with Gasteiger partial charge in [0.15, 0.2) is 0 Å². The molecule has 2 N–H and O–H groups in total. The molecule has 0 aliphatic carbocycles. The number of hydrazone groups is 1. The van der Waals surface area contributed by atoms with Crippen molar-refractivity contribution in [2.45, 2.75) is 26.2 Å². The lowest BCUT2D eigenvalue weighted by atomic mass is 10.2. The fraction of sp³-hybridized carbons (Fsp3) is 0.190. The van der Waals surface area contributed by atoms with E-state index in [1.807, 2.05) is 43.3 Å². The molecule has 2 rings (SSSR count). The number of nitrogens with one attached hydrogen (secondary N) is 2. The van der Waals surface area contributed by atoms with Crippen LogP contribution in [0.4, 0.5) is 5.69 Å². The topological polar surface area (TPSA) is 70.6 Å². The molecule has 2 aromatic rings. The molecule has 0 fully saturated rings. The van der Waals surface area contributed by atoms with Crippen molar-refractivity contribution in [3.05, 3.63) is 71.8 Å². The Morgan fingerprint density at radius 3 is 2.46 bits per heavy atom. The van der Waals surface area contributed by atoms with Gasteiger partial charge in [-0.1, -0.05) is 49.8 Å². The summed E-state index contributed by atoms with van der Waals surface area (Å²) in [6.07, 6.45) is 7.52. The van der Waals surface area contributed by atoms with Crippen LogP contribution in [0.2, 0.25) is 0 Å². The van der Waals surface area contributed by atoms with Crippen molar-refractivity contribution < 1.29 is 9.59 Å². The molecule has 0 aromatic heterocycles. The van der Waals surface area contributed by atoms with Crippen LogP contribution in [0.25, 0.3) is 6.08 Å². The van der Waals surface area contributed by atoms with Crippen molar-refractivity contribution in [3.63, 3.8) is 0 Å². The van der Waals surface area contributed by atoms with E-state index in [-0.39, 0.29) is 11.8 Å². The van der Waals surface area contributed by atoms with Crippen LogP contribution in [0.15, 0.2) is 65.8 Å². The van der Waals surface area contributed by atoms with E-state index in [0.29, 0.717) is 17.7 Å². The van der Waals surface area contributed by atoms with Crippen LogP contribution in [0, 0.1) is 0 Å². The van der Waals surface area contributed by atoms with Crippen molar-refractivity contribution in [2.24, 2.45) is 5.10 Å². The van der Waals surface area contributed by atoms with Gasteiger partial charge in [0.1, 0.15) is 0 Å². The van der Waals surface area contributed by atoms with E-state index in [0.717, 1.165) is 18.4 Å². The van der Waals surface area contributed by atoms with Gasteiger partial charge < -0.3 is 5.32 Å². The summed E-state index contributed by atoms with van der Waals surface area (Å²) in [6.45, 7) is 2.04. The summed E-state index contributed by atoms with van der Waals surface area (Å²) in [7, 11) is 0. The highest BCUT2D eigenvalue weighted by Crippen LogP contribution is 2.10. The normalized spacial score (nSPS) is 11.0. The number of unbranched alkanes of at least 4 members (excludes halogenated alkanes) is 1. The molecule has 0 radical (unpaired) electrons. The van der Waals surface area contributed by atoms with E-state index in [2.05, 4.69) is 15.8 Å². The Labute approximate surface area is 153 Å². The summed E-state index contributed by atoms with van der Waals surface area (Å²) in [6, 6.07) is 16.5. The quantitative estimate of drug-likeness (QED) is 0.553. The van der Waals surface area contributed by atoms with Gasteiger partial charge in [0.05, 0.1) is 0 Å². The highest BCUT2D eigenvalue weighted by Gasteiger charge is 2.05. The third-order valence-corrected chi connectivity index (χ3v) is 3.60. The predicted molar refractivity (Wildman–Crippen MR) is 106 cm³/mol. The Hall–Kier alpha value is -3.21. The Kier molecular flexibility index (Phi) is 7.80. The maximum absolute atomic E-state index is 12.0. The maximum Gasteiger partial charge on any atom is 0.271 e. The zero-order valence-corrected chi connectivity index (χ0v) is 14.8. The van der Waals surface area contributed by atoms with Crippen molar-refractivity contribution in [3.8, 4) is 0 Å². The van der Waals surface area contributed by atoms with E-state index < -0.39 is 0 Å². The van der Waals surface area contributed by atoms with Crippen LogP contribution in [-0.4, -0.2) is 18.0 Å². The number of amides is 2. The molecule has 0 saturated carbocycles. The van der Waals surface area contributed by atoms with Crippen molar-refractivity contribution in [2.75, 3.05) is 5.32 Å². The first kappa shape index (κ1) is 19.1. The molecule has 0 saturated heterocycles. The monoisotopic (exact) mass is 349 g/mol. The Balaban J connectivity index is 1.81. The van der Waals surface area contributed by atoms with E-state index in [1.165, 1.54) is 6.21 Å². The molecule has 0 bridgehead atoms. The molecule has 134 valence electrons. The molecule has 0 unspecified atom stereocenters. The number of nitrogens with zero attached hydrogens (tertiary/aromatic N) is 1. The van der Waals surface area contributed by atoms with Gasteiger partial charge in [0.2, 0.25) is 5.91 Å². The third-order valence-electron chi connectivity index (χ3n) is 3.60. The van der Waals surface area contributed by atoms with E-state index in [9.17, 15) is 9.59 Å². The minimum Gasteiger partial charge on any atom is -0.326 e. The van der Waals surface area contributed by atoms with Gasteiger partial charge in [-0.2, -0.15) is 5.10 Å². The van der Waals surface area contributed by atoms with Gasteiger partial charge in [-0.05, 0) is 42.3 Å². The number of benzene rings is 2. The molecule has 5 heteroatoms. The van der Waals surface area contributed by atoms with Crippen molar-refractivity contribution in [1.29, 1.82) is 0 Å². The summed E-state index contributed by atoms with van der Waals surface area (Å²) in [5.74, 6) is -0.322. The smallest absolute Gasteiger partial charge is 0.271 e. The molecule has 0 aliphatic rings. The number of hydrogen-bond donors (Lipinski definition) is 2. The highest BCUT2D eigenvalue weighted by molar-refractivity contribution is 5.96. The SMILES string of the molecule is CCCCC(=O)Nc1ccc(C(=O)N/N=C/C=C/c2ccccc2)cc1. The second-order valence-corrected chi connectivity index (χ2v) is 5.72. The first-order chi connectivity index (χ1) is 12.7. The Bertz CT molecular complexity index is 766. The number of hydrogen-bond acceptors (Lipinski definition) is 3. The van der Waals surface area contributed by atoms with Gasteiger partial charge in [-0.25, -0.2) is 5.43 Å². The summed E-state index contributed by atoms with van der Waals surface area (Å²) in [5.41, 5.74) is 4.67. The molecular weight excluding hydrogens is 326 g/mol. The summed E-state index contributed by atoms with van der Waals surface area (Å²) >= 11 is 0. The fourth-order valence-corrected chi connectivity index (χ4v) is 2.19. The summed E-state index contributed by atoms with van der Waals surface area (Å²) < 4.78 is 0. The van der Waals surface area contributed by atoms with Crippen LogP contribution >= 0.6 is 0 Å². The lowest BCUT2D eigenvalue weighted by Crippen LogP contribution is -2.17. The van der Waals surface area contributed by atoms with Crippen LogP contribution in [0.5, 0.6) is 0 Å². The number of carbonyl (C=O) groups is 2. The molecule has 0 atom stereocenters. The van der Waals surface area contributed by atoms with Gasteiger partial charge in [0, 0.05) is 23.9 Å². The lowest BCUT2D eigenvalue weighted by molar-refractivity contribution is -0.116. The largest absolute Gasteiger partial charge is 0.326 e. The first-order valence-electron chi connectivity index (χ1n) is 8.64. The van der Waals surface area contributed by atoms with Crippen molar-refractivity contribution >= 4 is 29.8 Å². The van der Waals surface area contributed by atoms with Gasteiger partial charge in [-0.3, -0.25) is 9.59 Å². The Morgan fingerprint density at radius 2 is 1.77 bits per heavy atom. The number of allylic oxidation sites excluding steroid dienone is 1. The Morgan fingerprint density at radius 1 is 1.04 bits per heavy atom. The number of rotatable bonds is 8. The fourth-order valence-electron chi connectivity index (χ4n) is 2.19. The van der Waals surface area contributed by atoms with Crippen molar-refractivity contribution in [1.82, 2.24) is 5.43 Å². The molecule has 0 spiro atoms. The molecule has 2 amide bonds. The van der Waals surface area contributed by atoms with Gasteiger partial charge in [-0.15, -0.1) is 0 Å².